The molecule has 1 aromatic carbocycles. The Labute approximate surface area is 349 Å². The Hall–Kier alpha value is -5.18. The van der Waals surface area contributed by atoms with Crippen molar-refractivity contribution in [2.75, 3.05) is 27.3 Å². The molecule has 2 bridgehead atoms. The lowest BCUT2D eigenvalue weighted by atomic mass is 9.64. The van der Waals surface area contributed by atoms with Crippen LogP contribution in [-0.2, 0) is 19.1 Å². The number of imidazole rings is 2. The molecule has 1 saturated carbocycles. The van der Waals surface area contributed by atoms with Crippen LogP contribution in [0.5, 0.6) is 0 Å². The van der Waals surface area contributed by atoms with E-state index in [4.69, 9.17) is 19.4 Å². The fourth-order valence-electron chi connectivity index (χ4n) is 9.92. The summed E-state index contributed by atoms with van der Waals surface area (Å²) < 4.78 is 9.61. The number of H-pyrrole nitrogens is 2. The molecule has 3 aliphatic carbocycles. The van der Waals surface area contributed by atoms with E-state index < -0.39 is 24.3 Å². The summed E-state index contributed by atoms with van der Waals surface area (Å²) >= 11 is 1.75. The number of fused-ring (bicyclic) bond motifs is 2. The SMILES string of the molecule is COC(=O)N[C@H](C(=O)N1CCCC1c1ncc(-c2ccc(-c3ccc(-c4cnc([C@@H]5CCCN5C(=O)[C@@H](NC(=O)OC)C(C)C)[nH]4)s3)c3c2C2CCC3CC2)[nH]1)C(C)C. The molecule has 314 valence electrons. The van der Waals surface area contributed by atoms with Crippen LogP contribution in [0, 0.1) is 11.8 Å². The van der Waals surface area contributed by atoms with Gasteiger partial charge in [-0.1, -0.05) is 39.8 Å². The van der Waals surface area contributed by atoms with Crippen molar-refractivity contribution in [1.82, 2.24) is 40.4 Å². The largest absolute Gasteiger partial charge is 0.453 e. The molecule has 1 unspecified atom stereocenters. The predicted molar refractivity (Wildman–Crippen MR) is 225 cm³/mol. The minimum absolute atomic E-state index is 0.103. The van der Waals surface area contributed by atoms with E-state index in [1.807, 2.05) is 49.9 Å². The molecule has 0 spiro atoms. The van der Waals surface area contributed by atoms with E-state index in [2.05, 4.69) is 44.9 Å². The standard InChI is InChI=1S/C44H56N8O6S/c1-23(2)37(49-43(55)57-5)41(53)51-19-7-9-31(51)39-45-21-29(47-39)27-15-16-28(36-26-13-11-25(12-14-26)35(27)36)33-17-18-34(59-33)30-22-46-40(48-30)32-10-8-20-52(32)42(54)38(24(3)4)50-44(56)58-6/h15-18,21-26,31-32,37-38H,7-14,19-20H2,1-6H3,(H,45,47)(H,46,48)(H,49,55)(H,50,56)/t25?,26?,31?,32-,37-,38-/m0/s1. The number of likely N-dealkylation sites (tertiary alicyclic amines) is 2. The highest BCUT2D eigenvalue weighted by molar-refractivity contribution is 7.18. The van der Waals surface area contributed by atoms with Crippen LogP contribution in [0.4, 0.5) is 9.59 Å². The number of aromatic nitrogens is 4. The molecule has 2 saturated heterocycles. The van der Waals surface area contributed by atoms with E-state index >= 15 is 0 Å². The summed E-state index contributed by atoms with van der Waals surface area (Å²) in [6, 6.07) is 7.12. The number of thiophene rings is 1. The van der Waals surface area contributed by atoms with Crippen molar-refractivity contribution in [2.24, 2.45) is 11.8 Å². The second-order valence-electron chi connectivity index (χ2n) is 17.2. The molecule has 3 aromatic heterocycles. The summed E-state index contributed by atoms with van der Waals surface area (Å²) in [7, 11) is 2.61. The summed E-state index contributed by atoms with van der Waals surface area (Å²) in [6.07, 6.45) is 10.6. The number of aromatic amines is 2. The van der Waals surface area contributed by atoms with Crippen molar-refractivity contribution in [2.45, 2.75) is 115 Å². The lowest BCUT2D eigenvalue weighted by molar-refractivity contribution is -0.136. The molecule has 15 heteroatoms. The number of carbonyl (C=O) groups is 4. The average Bonchev–Trinajstić information content (AvgIpc) is 4.10. The number of ether oxygens (including phenoxy) is 2. The Morgan fingerprint density at radius 3 is 1.63 bits per heavy atom. The Balaban J connectivity index is 1.04. The fraction of sp³-hybridized carbons (Fsp3) is 0.545. The van der Waals surface area contributed by atoms with Crippen LogP contribution < -0.4 is 10.6 Å². The number of rotatable bonds is 11. The van der Waals surface area contributed by atoms with Gasteiger partial charge in [0.05, 0.1) is 55.0 Å². The average molecular weight is 825 g/mol. The van der Waals surface area contributed by atoms with Gasteiger partial charge in [0, 0.05) is 23.5 Å². The molecule has 0 radical (unpaired) electrons. The second-order valence-corrected chi connectivity index (χ2v) is 18.2. The van der Waals surface area contributed by atoms with Crippen LogP contribution in [0.2, 0.25) is 0 Å². The quantitative estimate of drug-likeness (QED) is 0.118. The Morgan fingerprint density at radius 2 is 1.12 bits per heavy atom. The third kappa shape index (κ3) is 7.73. The zero-order valence-electron chi connectivity index (χ0n) is 34.8. The van der Waals surface area contributed by atoms with Crippen molar-refractivity contribution in [3.63, 3.8) is 0 Å². The van der Waals surface area contributed by atoms with Gasteiger partial charge < -0.3 is 39.9 Å². The van der Waals surface area contributed by atoms with E-state index in [9.17, 15) is 19.2 Å². The van der Waals surface area contributed by atoms with Gasteiger partial charge in [0.15, 0.2) is 0 Å². The topological polar surface area (TPSA) is 175 Å². The first kappa shape index (κ1) is 40.6. The highest BCUT2D eigenvalue weighted by Gasteiger charge is 2.41. The molecule has 4 aromatic rings. The normalized spacial score (nSPS) is 22.1. The number of hydrogen-bond acceptors (Lipinski definition) is 9. The Kier molecular flexibility index (Phi) is 11.6. The van der Waals surface area contributed by atoms with Crippen molar-refractivity contribution in [3.05, 3.63) is 59.4 Å². The number of benzene rings is 1. The molecular formula is C44H56N8O6S. The van der Waals surface area contributed by atoms with Gasteiger partial charge in [-0.15, -0.1) is 11.3 Å². The number of amides is 4. The van der Waals surface area contributed by atoms with E-state index in [1.165, 1.54) is 67.0 Å². The predicted octanol–water partition coefficient (Wildman–Crippen LogP) is 8.04. The first-order valence-corrected chi connectivity index (χ1v) is 22.0. The Morgan fingerprint density at radius 1 is 0.661 bits per heavy atom. The van der Waals surface area contributed by atoms with Crippen LogP contribution in [0.15, 0.2) is 36.7 Å². The number of carbonyl (C=O) groups excluding carboxylic acids is 4. The van der Waals surface area contributed by atoms with E-state index in [1.54, 1.807) is 11.3 Å². The minimum Gasteiger partial charge on any atom is -0.453 e. The zero-order valence-corrected chi connectivity index (χ0v) is 35.6. The molecule has 4 atom stereocenters. The summed E-state index contributed by atoms with van der Waals surface area (Å²) in [5.41, 5.74) is 7.23. The van der Waals surface area contributed by atoms with Crippen LogP contribution in [0.1, 0.15) is 126 Å². The molecule has 9 rings (SSSR count). The lowest BCUT2D eigenvalue weighted by Gasteiger charge is -2.40. The number of nitrogens with one attached hydrogen (secondary N) is 4. The summed E-state index contributed by atoms with van der Waals surface area (Å²) in [5.74, 6) is 2.04. The number of nitrogens with zero attached hydrogens (tertiary/aromatic N) is 4. The monoisotopic (exact) mass is 824 g/mol. The minimum atomic E-state index is -0.686. The van der Waals surface area contributed by atoms with Crippen molar-refractivity contribution < 1.29 is 28.7 Å². The van der Waals surface area contributed by atoms with Crippen LogP contribution in [0.25, 0.3) is 32.3 Å². The van der Waals surface area contributed by atoms with Gasteiger partial charge in [0.2, 0.25) is 11.8 Å². The zero-order chi connectivity index (χ0) is 41.5. The van der Waals surface area contributed by atoms with E-state index in [-0.39, 0.29) is 35.7 Å². The maximum atomic E-state index is 13.8. The van der Waals surface area contributed by atoms with Gasteiger partial charge in [0.25, 0.3) is 0 Å². The summed E-state index contributed by atoms with van der Waals surface area (Å²) in [4.78, 5) is 74.5. The van der Waals surface area contributed by atoms with Gasteiger partial charge in [-0.3, -0.25) is 9.59 Å². The molecule has 3 fully saturated rings. The molecule has 4 amide bonds. The van der Waals surface area contributed by atoms with Crippen LogP contribution in [0.3, 0.4) is 0 Å². The van der Waals surface area contributed by atoms with Crippen LogP contribution >= 0.6 is 11.3 Å². The van der Waals surface area contributed by atoms with Gasteiger partial charge in [-0.05, 0) is 104 Å². The maximum absolute atomic E-state index is 13.8. The van der Waals surface area contributed by atoms with Gasteiger partial charge >= 0.3 is 12.2 Å². The highest BCUT2D eigenvalue weighted by Crippen LogP contribution is 2.56. The lowest BCUT2D eigenvalue weighted by Crippen LogP contribution is -2.51. The third-order valence-electron chi connectivity index (χ3n) is 12.9. The molecule has 5 aliphatic rings. The molecule has 5 heterocycles. The van der Waals surface area contributed by atoms with Crippen molar-refractivity contribution in [3.8, 4) is 32.3 Å². The smallest absolute Gasteiger partial charge is 0.407 e. The third-order valence-corrected chi connectivity index (χ3v) is 14.1. The first-order chi connectivity index (χ1) is 28.5. The maximum Gasteiger partial charge on any atom is 0.407 e. The molecule has 14 nitrogen and oxygen atoms in total. The van der Waals surface area contributed by atoms with Gasteiger partial charge in [-0.2, -0.15) is 0 Å². The summed E-state index contributed by atoms with van der Waals surface area (Å²) in [6.45, 7) is 8.89. The van der Waals surface area contributed by atoms with Gasteiger partial charge in [0.1, 0.15) is 23.7 Å². The number of alkyl carbamates (subject to hydrolysis) is 2. The highest BCUT2D eigenvalue weighted by atomic mass is 32.1. The summed E-state index contributed by atoms with van der Waals surface area (Å²) in [5, 5.41) is 5.47. The first-order valence-electron chi connectivity index (χ1n) is 21.1. The van der Waals surface area contributed by atoms with E-state index in [0.717, 1.165) is 53.6 Å². The Bertz CT molecular complexity index is 2200. The van der Waals surface area contributed by atoms with Crippen molar-refractivity contribution in [1.29, 1.82) is 0 Å². The molecule has 4 N–H and O–H groups in total. The van der Waals surface area contributed by atoms with E-state index in [0.29, 0.717) is 24.9 Å². The second kappa shape index (κ2) is 16.8. The number of methoxy groups -OCH3 is 2. The number of hydrogen-bond donors (Lipinski definition) is 4. The fourth-order valence-corrected chi connectivity index (χ4v) is 10.9. The van der Waals surface area contributed by atoms with Crippen molar-refractivity contribution >= 4 is 35.3 Å². The molecule has 2 aliphatic heterocycles. The molecule has 59 heavy (non-hydrogen) atoms. The van der Waals surface area contributed by atoms with Crippen LogP contribution in [-0.4, -0.2) is 93.1 Å². The molecular weight excluding hydrogens is 769 g/mol. The van der Waals surface area contributed by atoms with Gasteiger partial charge in [-0.25, -0.2) is 19.6 Å².